The van der Waals surface area contributed by atoms with Crippen LogP contribution in [0.1, 0.15) is 54.5 Å². The highest BCUT2D eigenvalue weighted by atomic mass is 16.5. The summed E-state index contributed by atoms with van der Waals surface area (Å²) < 4.78 is 5.75. The van der Waals surface area contributed by atoms with Crippen molar-refractivity contribution in [1.29, 1.82) is 0 Å². The maximum absolute atomic E-state index is 12.3. The van der Waals surface area contributed by atoms with Crippen LogP contribution < -0.4 is 5.73 Å². The number of H-pyrrole nitrogens is 1. The summed E-state index contributed by atoms with van der Waals surface area (Å²) in [4.78, 5) is 18.5. The van der Waals surface area contributed by atoms with E-state index in [4.69, 9.17) is 10.5 Å². The minimum atomic E-state index is -0.0708. The first-order valence-electron chi connectivity index (χ1n) is 7.81. The molecule has 0 aromatic carbocycles. The number of nitrogens with two attached hydrogens (primary N) is 1. The van der Waals surface area contributed by atoms with Gasteiger partial charge in [-0.3, -0.25) is 9.89 Å². The SMILES string of the molecule is NCCCOC1CCN(C(=O)c2n[nH]c(C3CC3)n2)CC1. The maximum Gasteiger partial charge on any atom is 0.293 e. The molecule has 0 spiro atoms. The smallest absolute Gasteiger partial charge is 0.293 e. The predicted octanol–water partition coefficient (Wildman–Crippen LogP) is 0.652. The van der Waals surface area contributed by atoms with Crippen molar-refractivity contribution in [3.8, 4) is 0 Å². The molecule has 1 amide bonds. The Morgan fingerprint density at radius 1 is 1.33 bits per heavy atom. The molecule has 1 aliphatic heterocycles. The van der Waals surface area contributed by atoms with E-state index in [1.54, 1.807) is 0 Å². The van der Waals surface area contributed by atoms with Gasteiger partial charge in [0.05, 0.1) is 6.10 Å². The molecule has 2 aliphatic rings. The molecule has 7 heteroatoms. The number of hydrogen-bond donors (Lipinski definition) is 2. The van der Waals surface area contributed by atoms with E-state index in [1.165, 1.54) is 0 Å². The summed E-state index contributed by atoms with van der Waals surface area (Å²) in [5, 5.41) is 6.95. The average Bonchev–Trinajstić information content (AvgIpc) is 3.25. The van der Waals surface area contributed by atoms with Crippen molar-refractivity contribution in [3.05, 3.63) is 11.6 Å². The molecule has 2 fully saturated rings. The zero-order chi connectivity index (χ0) is 14.7. The number of ether oxygens (including phenoxy) is 1. The summed E-state index contributed by atoms with van der Waals surface area (Å²) >= 11 is 0. The standard InChI is InChI=1S/C14H23N5O2/c15-6-1-9-21-11-4-7-19(8-5-11)14(20)13-16-12(17-18-13)10-2-3-10/h10-11H,1-9,15H2,(H,16,17,18). The number of hydrogen-bond acceptors (Lipinski definition) is 5. The third-order valence-corrected chi connectivity index (χ3v) is 4.09. The number of amides is 1. The Morgan fingerprint density at radius 2 is 2.10 bits per heavy atom. The molecule has 1 saturated heterocycles. The van der Waals surface area contributed by atoms with E-state index >= 15 is 0 Å². The summed E-state index contributed by atoms with van der Waals surface area (Å²) in [7, 11) is 0. The van der Waals surface area contributed by atoms with Crippen molar-refractivity contribution in [2.45, 2.75) is 44.1 Å². The van der Waals surface area contributed by atoms with Crippen molar-refractivity contribution >= 4 is 5.91 Å². The number of carbonyl (C=O) groups is 1. The van der Waals surface area contributed by atoms with Crippen molar-refractivity contribution in [2.24, 2.45) is 5.73 Å². The second kappa shape index (κ2) is 6.53. The second-order valence-electron chi connectivity index (χ2n) is 5.82. The van der Waals surface area contributed by atoms with Gasteiger partial charge in [-0.05, 0) is 38.6 Å². The van der Waals surface area contributed by atoms with Gasteiger partial charge in [0.25, 0.3) is 5.91 Å². The number of piperidine rings is 1. The summed E-state index contributed by atoms with van der Waals surface area (Å²) in [6.07, 6.45) is 5.17. The van der Waals surface area contributed by atoms with E-state index in [0.717, 1.165) is 37.9 Å². The van der Waals surface area contributed by atoms with Gasteiger partial charge in [0.2, 0.25) is 5.82 Å². The quantitative estimate of drug-likeness (QED) is 0.751. The highest BCUT2D eigenvalue weighted by Crippen LogP contribution is 2.37. The zero-order valence-electron chi connectivity index (χ0n) is 12.3. The Bertz CT molecular complexity index is 477. The molecular weight excluding hydrogens is 270 g/mol. The van der Waals surface area contributed by atoms with E-state index < -0.39 is 0 Å². The number of likely N-dealkylation sites (tertiary alicyclic amines) is 1. The van der Waals surface area contributed by atoms with Gasteiger partial charge >= 0.3 is 0 Å². The van der Waals surface area contributed by atoms with Gasteiger partial charge in [-0.2, -0.15) is 0 Å². The van der Waals surface area contributed by atoms with E-state index in [0.29, 0.717) is 38.0 Å². The van der Waals surface area contributed by atoms with Gasteiger partial charge in [0.1, 0.15) is 5.82 Å². The van der Waals surface area contributed by atoms with Crippen LogP contribution in [0.4, 0.5) is 0 Å². The third-order valence-electron chi connectivity index (χ3n) is 4.09. The Kier molecular flexibility index (Phi) is 4.50. The molecule has 0 radical (unpaired) electrons. The Balaban J connectivity index is 1.47. The molecule has 1 aliphatic carbocycles. The average molecular weight is 293 g/mol. The summed E-state index contributed by atoms with van der Waals surface area (Å²) in [5.74, 6) is 1.58. The van der Waals surface area contributed by atoms with Crippen LogP contribution >= 0.6 is 0 Å². The molecule has 21 heavy (non-hydrogen) atoms. The summed E-state index contributed by atoms with van der Waals surface area (Å²) in [5.41, 5.74) is 5.45. The van der Waals surface area contributed by atoms with Crippen molar-refractivity contribution < 1.29 is 9.53 Å². The largest absolute Gasteiger partial charge is 0.378 e. The fourth-order valence-corrected chi connectivity index (χ4v) is 2.61. The number of rotatable bonds is 6. The topological polar surface area (TPSA) is 97.1 Å². The minimum Gasteiger partial charge on any atom is -0.378 e. The molecule has 1 saturated carbocycles. The van der Waals surface area contributed by atoms with Gasteiger partial charge in [-0.25, -0.2) is 4.98 Å². The lowest BCUT2D eigenvalue weighted by atomic mass is 10.1. The van der Waals surface area contributed by atoms with E-state index in [1.807, 2.05) is 4.90 Å². The first kappa shape index (κ1) is 14.5. The molecule has 2 heterocycles. The molecule has 3 rings (SSSR count). The lowest BCUT2D eigenvalue weighted by molar-refractivity contribution is 0.00813. The van der Waals surface area contributed by atoms with E-state index in [9.17, 15) is 4.79 Å². The fraction of sp³-hybridized carbons (Fsp3) is 0.786. The first-order chi connectivity index (χ1) is 10.3. The van der Waals surface area contributed by atoms with Crippen LogP contribution in [0, 0.1) is 0 Å². The normalized spacial score (nSPS) is 20.0. The van der Waals surface area contributed by atoms with Gasteiger partial charge in [-0.15, -0.1) is 5.10 Å². The first-order valence-corrected chi connectivity index (χ1v) is 7.81. The number of carbonyl (C=O) groups excluding carboxylic acids is 1. The number of nitrogens with zero attached hydrogens (tertiary/aromatic N) is 3. The molecule has 0 atom stereocenters. The van der Waals surface area contributed by atoms with Gasteiger partial charge in [0.15, 0.2) is 0 Å². The highest BCUT2D eigenvalue weighted by molar-refractivity contribution is 5.90. The van der Waals surface area contributed by atoms with Crippen LogP contribution in [0.5, 0.6) is 0 Å². The number of aromatic amines is 1. The monoisotopic (exact) mass is 293 g/mol. The Labute approximate surface area is 124 Å². The zero-order valence-corrected chi connectivity index (χ0v) is 12.3. The predicted molar refractivity (Wildman–Crippen MR) is 76.9 cm³/mol. The number of aromatic nitrogens is 3. The van der Waals surface area contributed by atoms with Crippen LogP contribution in [-0.2, 0) is 4.74 Å². The van der Waals surface area contributed by atoms with Gasteiger partial charge in [-0.1, -0.05) is 0 Å². The van der Waals surface area contributed by atoms with Crippen LogP contribution in [0.15, 0.2) is 0 Å². The molecule has 1 aromatic rings. The molecule has 3 N–H and O–H groups in total. The lowest BCUT2D eigenvalue weighted by Gasteiger charge is -2.31. The van der Waals surface area contributed by atoms with Crippen LogP contribution in [0.3, 0.4) is 0 Å². The van der Waals surface area contributed by atoms with Crippen LogP contribution in [-0.4, -0.2) is 58.3 Å². The van der Waals surface area contributed by atoms with Crippen molar-refractivity contribution in [3.63, 3.8) is 0 Å². The summed E-state index contributed by atoms with van der Waals surface area (Å²) in [6, 6.07) is 0. The minimum absolute atomic E-state index is 0.0708. The molecule has 0 unspecified atom stereocenters. The van der Waals surface area contributed by atoms with Crippen molar-refractivity contribution in [2.75, 3.05) is 26.2 Å². The Morgan fingerprint density at radius 3 is 2.76 bits per heavy atom. The van der Waals surface area contributed by atoms with E-state index in [2.05, 4.69) is 15.2 Å². The molecule has 0 bridgehead atoms. The van der Waals surface area contributed by atoms with Crippen molar-refractivity contribution in [1.82, 2.24) is 20.1 Å². The lowest BCUT2D eigenvalue weighted by Crippen LogP contribution is -2.41. The van der Waals surface area contributed by atoms with Gasteiger partial charge < -0.3 is 15.4 Å². The molecule has 7 nitrogen and oxygen atoms in total. The summed E-state index contributed by atoms with van der Waals surface area (Å²) in [6.45, 7) is 2.78. The van der Waals surface area contributed by atoms with Crippen LogP contribution in [0.2, 0.25) is 0 Å². The van der Waals surface area contributed by atoms with Gasteiger partial charge in [0, 0.05) is 25.6 Å². The Hall–Kier alpha value is -1.47. The van der Waals surface area contributed by atoms with Crippen LogP contribution in [0.25, 0.3) is 0 Å². The highest BCUT2D eigenvalue weighted by Gasteiger charge is 2.30. The second-order valence-corrected chi connectivity index (χ2v) is 5.82. The third kappa shape index (κ3) is 3.59. The maximum atomic E-state index is 12.3. The number of nitrogens with one attached hydrogen (secondary N) is 1. The molecule has 1 aromatic heterocycles. The van der Waals surface area contributed by atoms with E-state index in [-0.39, 0.29) is 12.0 Å². The molecule has 116 valence electrons. The molecular formula is C14H23N5O2. The fourth-order valence-electron chi connectivity index (χ4n) is 2.61.